The number of halogens is 3. The van der Waals surface area contributed by atoms with E-state index >= 15 is 0 Å². The maximum Gasteiger partial charge on any atom is 0.287 e. The fourth-order valence-electron chi connectivity index (χ4n) is 0.866. The molecule has 1 heterocycles. The van der Waals surface area contributed by atoms with Crippen LogP contribution in [0.4, 0.5) is 8.78 Å². The number of aliphatic hydroxyl groups excluding tert-OH is 1. The van der Waals surface area contributed by atoms with Gasteiger partial charge in [-0.3, -0.25) is 4.79 Å². The highest BCUT2D eigenvalue weighted by Crippen LogP contribution is 2.11. The summed E-state index contributed by atoms with van der Waals surface area (Å²) >= 11 is 3.13. The second-order valence-corrected chi connectivity index (χ2v) is 3.97. The van der Waals surface area contributed by atoms with Gasteiger partial charge in [0.05, 0.1) is 6.54 Å². The summed E-state index contributed by atoms with van der Waals surface area (Å²) in [6.45, 7) is -2.22. The first-order valence-corrected chi connectivity index (χ1v) is 5.12. The van der Waals surface area contributed by atoms with Crippen molar-refractivity contribution in [3.8, 4) is 0 Å². The Labute approximate surface area is 98.8 Å². The number of rotatable bonds is 4. The van der Waals surface area contributed by atoms with Crippen molar-refractivity contribution < 1.29 is 18.7 Å². The minimum absolute atomic E-state index is 0.0388. The summed E-state index contributed by atoms with van der Waals surface area (Å²) in [6.07, 6.45) is 1.39. The average Bonchev–Trinajstić information content (AvgIpc) is 2.27. The molecule has 2 N–H and O–H groups in total. The van der Waals surface area contributed by atoms with Crippen LogP contribution in [-0.2, 0) is 0 Å². The standard InChI is InChI=1S/C9H9BrF2N2O2/c10-6-1-2-7(13-3-6)8(16)14-4-9(11,12)5-15/h1-3,15H,4-5H2,(H,14,16). The Morgan fingerprint density at radius 2 is 2.25 bits per heavy atom. The molecule has 0 aromatic carbocycles. The highest BCUT2D eigenvalue weighted by atomic mass is 79.9. The Balaban J connectivity index is 2.56. The minimum atomic E-state index is -3.31. The van der Waals surface area contributed by atoms with Crippen LogP contribution >= 0.6 is 15.9 Å². The lowest BCUT2D eigenvalue weighted by atomic mass is 10.3. The number of carbonyl (C=O) groups is 1. The van der Waals surface area contributed by atoms with Crippen LogP contribution in [0.1, 0.15) is 10.5 Å². The number of hydrogen-bond acceptors (Lipinski definition) is 3. The molecule has 0 aliphatic heterocycles. The van der Waals surface area contributed by atoms with E-state index in [4.69, 9.17) is 5.11 Å². The zero-order chi connectivity index (χ0) is 12.2. The van der Waals surface area contributed by atoms with Gasteiger partial charge in [0.15, 0.2) is 0 Å². The van der Waals surface area contributed by atoms with Gasteiger partial charge in [-0.25, -0.2) is 13.8 Å². The van der Waals surface area contributed by atoms with Crippen molar-refractivity contribution in [2.75, 3.05) is 13.2 Å². The predicted octanol–water partition coefficient (Wildman–Crippen LogP) is 1.20. The van der Waals surface area contributed by atoms with Crippen molar-refractivity contribution >= 4 is 21.8 Å². The van der Waals surface area contributed by atoms with Crippen LogP contribution < -0.4 is 5.32 Å². The SMILES string of the molecule is O=C(NCC(F)(F)CO)c1ccc(Br)cn1. The van der Waals surface area contributed by atoms with Gasteiger partial charge in [-0.1, -0.05) is 0 Å². The maximum atomic E-state index is 12.6. The third-order valence-electron chi connectivity index (χ3n) is 1.70. The normalized spacial score (nSPS) is 11.2. The van der Waals surface area contributed by atoms with Gasteiger partial charge in [-0.2, -0.15) is 0 Å². The van der Waals surface area contributed by atoms with E-state index in [1.165, 1.54) is 12.3 Å². The number of nitrogens with zero attached hydrogens (tertiary/aromatic N) is 1. The van der Waals surface area contributed by atoms with E-state index in [0.29, 0.717) is 4.47 Å². The molecule has 0 radical (unpaired) electrons. The molecule has 1 aromatic rings. The molecule has 88 valence electrons. The van der Waals surface area contributed by atoms with Crippen LogP contribution in [0.2, 0.25) is 0 Å². The van der Waals surface area contributed by atoms with Crippen LogP contribution in [0.5, 0.6) is 0 Å². The maximum absolute atomic E-state index is 12.6. The van der Waals surface area contributed by atoms with Gasteiger partial charge < -0.3 is 10.4 Å². The van der Waals surface area contributed by atoms with E-state index in [1.54, 1.807) is 6.07 Å². The number of aromatic nitrogens is 1. The van der Waals surface area contributed by atoms with Gasteiger partial charge in [0.2, 0.25) is 0 Å². The smallest absolute Gasteiger partial charge is 0.287 e. The van der Waals surface area contributed by atoms with Gasteiger partial charge in [0.1, 0.15) is 12.3 Å². The van der Waals surface area contributed by atoms with Gasteiger partial charge in [-0.15, -0.1) is 0 Å². The number of carbonyl (C=O) groups excluding carboxylic acids is 1. The summed E-state index contributed by atoms with van der Waals surface area (Å²) < 4.78 is 25.9. The van der Waals surface area contributed by atoms with Crippen LogP contribution in [0.15, 0.2) is 22.8 Å². The Morgan fingerprint density at radius 3 is 2.75 bits per heavy atom. The predicted molar refractivity (Wildman–Crippen MR) is 56.3 cm³/mol. The number of hydrogen-bond donors (Lipinski definition) is 2. The number of aliphatic hydroxyl groups is 1. The van der Waals surface area contributed by atoms with Gasteiger partial charge in [0, 0.05) is 10.7 Å². The van der Waals surface area contributed by atoms with E-state index in [0.717, 1.165) is 0 Å². The lowest BCUT2D eigenvalue weighted by molar-refractivity contribution is -0.0462. The summed E-state index contributed by atoms with van der Waals surface area (Å²) in [7, 11) is 0. The topological polar surface area (TPSA) is 62.2 Å². The fourth-order valence-corrected chi connectivity index (χ4v) is 1.10. The van der Waals surface area contributed by atoms with E-state index in [-0.39, 0.29) is 5.69 Å². The molecule has 1 aromatic heterocycles. The van der Waals surface area contributed by atoms with Crippen molar-refractivity contribution in [2.24, 2.45) is 0 Å². The zero-order valence-corrected chi connectivity index (χ0v) is 9.67. The Hall–Kier alpha value is -1.08. The largest absolute Gasteiger partial charge is 0.390 e. The molecule has 1 rings (SSSR count). The molecular formula is C9H9BrF2N2O2. The molecule has 0 spiro atoms. The van der Waals surface area contributed by atoms with Crippen molar-refractivity contribution in [2.45, 2.75) is 5.92 Å². The fraction of sp³-hybridized carbons (Fsp3) is 0.333. The number of alkyl halides is 2. The van der Waals surface area contributed by atoms with Crippen LogP contribution in [0, 0.1) is 0 Å². The van der Waals surface area contributed by atoms with Gasteiger partial charge in [0.25, 0.3) is 11.8 Å². The zero-order valence-electron chi connectivity index (χ0n) is 8.08. The molecule has 0 bridgehead atoms. The highest BCUT2D eigenvalue weighted by Gasteiger charge is 2.28. The summed E-state index contributed by atoms with van der Waals surface area (Å²) in [6, 6.07) is 2.97. The third kappa shape index (κ3) is 3.82. The Morgan fingerprint density at radius 1 is 1.56 bits per heavy atom. The molecule has 0 aliphatic rings. The highest BCUT2D eigenvalue weighted by molar-refractivity contribution is 9.10. The quantitative estimate of drug-likeness (QED) is 0.877. The summed E-state index contributed by atoms with van der Waals surface area (Å²) in [4.78, 5) is 15.1. The second kappa shape index (κ2) is 5.31. The molecule has 0 unspecified atom stereocenters. The Bertz CT molecular complexity index is 370. The van der Waals surface area contributed by atoms with E-state index < -0.39 is 25.0 Å². The second-order valence-electron chi connectivity index (χ2n) is 3.06. The summed E-state index contributed by atoms with van der Waals surface area (Å²) in [5.41, 5.74) is 0.0388. The summed E-state index contributed by atoms with van der Waals surface area (Å²) in [5.74, 6) is -4.02. The molecule has 4 nitrogen and oxygen atoms in total. The molecule has 16 heavy (non-hydrogen) atoms. The van der Waals surface area contributed by atoms with Crippen LogP contribution in [0.3, 0.4) is 0 Å². The molecule has 0 aliphatic carbocycles. The van der Waals surface area contributed by atoms with Crippen molar-refractivity contribution in [3.05, 3.63) is 28.5 Å². The van der Waals surface area contributed by atoms with Crippen LogP contribution in [-0.4, -0.2) is 35.1 Å². The third-order valence-corrected chi connectivity index (χ3v) is 2.17. The molecule has 7 heteroatoms. The van der Waals surface area contributed by atoms with Crippen molar-refractivity contribution in [3.63, 3.8) is 0 Å². The lowest BCUT2D eigenvalue weighted by Crippen LogP contribution is -2.39. The summed E-state index contributed by atoms with van der Waals surface area (Å²) in [5, 5.41) is 10.3. The molecule has 0 saturated carbocycles. The Kier molecular flexibility index (Phi) is 4.31. The van der Waals surface area contributed by atoms with Crippen molar-refractivity contribution in [1.82, 2.24) is 10.3 Å². The molecule has 0 fully saturated rings. The van der Waals surface area contributed by atoms with Gasteiger partial charge >= 0.3 is 0 Å². The number of nitrogens with one attached hydrogen (secondary N) is 1. The first-order valence-electron chi connectivity index (χ1n) is 4.33. The molecule has 0 saturated heterocycles. The lowest BCUT2D eigenvalue weighted by Gasteiger charge is -2.13. The van der Waals surface area contributed by atoms with Crippen molar-refractivity contribution in [1.29, 1.82) is 0 Å². The minimum Gasteiger partial charge on any atom is -0.390 e. The first kappa shape index (κ1) is 13.0. The monoisotopic (exact) mass is 294 g/mol. The number of pyridine rings is 1. The average molecular weight is 295 g/mol. The van der Waals surface area contributed by atoms with Crippen LogP contribution in [0.25, 0.3) is 0 Å². The van der Waals surface area contributed by atoms with E-state index in [2.05, 4.69) is 20.9 Å². The molecular weight excluding hydrogens is 286 g/mol. The first-order chi connectivity index (χ1) is 7.44. The van der Waals surface area contributed by atoms with E-state index in [9.17, 15) is 13.6 Å². The number of amides is 1. The molecule has 1 amide bonds. The van der Waals surface area contributed by atoms with E-state index in [1.807, 2.05) is 5.32 Å². The molecule has 0 atom stereocenters. The van der Waals surface area contributed by atoms with Gasteiger partial charge in [-0.05, 0) is 28.1 Å².